The van der Waals surface area contributed by atoms with Gasteiger partial charge in [0.05, 0.1) is 0 Å². The molecule has 0 aliphatic heterocycles. The Labute approximate surface area is 83.2 Å². The van der Waals surface area contributed by atoms with Gasteiger partial charge < -0.3 is 0 Å². The lowest BCUT2D eigenvalue weighted by molar-refractivity contribution is 0.862. The van der Waals surface area contributed by atoms with Crippen LogP contribution in [-0.4, -0.2) is 0 Å². The summed E-state index contributed by atoms with van der Waals surface area (Å²) in [5.74, 6) is 1.86. The van der Waals surface area contributed by atoms with Gasteiger partial charge in [-0.05, 0) is 47.9 Å². The zero-order chi connectivity index (χ0) is 8.84. The molecule has 0 radical (unpaired) electrons. The molecule has 1 aromatic carbocycles. The second-order valence-corrected chi connectivity index (χ2v) is 4.50. The van der Waals surface area contributed by atoms with Crippen LogP contribution in [-0.2, 0) is 0 Å². The molecular weight excluding hydrogens is 180 g/mol. The summed E-state index contributed by atoms with van der Waals surface area (Å²) in [6.45, 7) is 0. The first-order valence-corrected chi connectivity index (χ1v) is 5.17. The fourth-order valence-corrected chi connectivity index (χ4v) is 2.41. The smallest absolute Gasteiger partial charge is 0.0412 e. The van der Waals surface area contributed by atoms with Crippen molar-refractivity contribution in [1.82, 2.24) is 0 Å². The van der Waals surface area contributed by atoms with Crippen LogP contribution in [0.4, 0.5) is 0 Å². The van der Waals surface area contributed by atoms with E-state index in [-0.39, 0.29) is 0 Å². The molecule has 0 aromatic heterocycles. The monoisotopic (exact) mass is 190 g/mol. The summed E-state index contributed by atoms with van der Waals surface area (Å²) in [4.78, 5) is 0. The van der Waals surface area contributed by atoms with Crippen molar-refractivity contribution >= 4 is 17.2 Å². The zero-order valence-electron chi connectivity index (χ0n) is 7.33. The second kappa shape index (κ2) is 2.62. The molecule has 1 saturated carbocycles. The van der Waals surface area contributed by atoms with Crippen molar-refractivity contribution in [2.75, 3.05) is 0 Å². The molecule has 0 spiro atoms. The van der Waals surface area contributed by atoms with Gasteiger partial charge in [-0.15, -0.1) is 0 Å². The lowest BCUT2D eigenvalue weighted by Gasteiger charge is -2.03. The number of benzene rings is 1. The van der Waals surface area contributed by atoms with E-state index in [0.717, 1.165) is 16.9 Å². The third-order valence-corrected chi connectivity index (χ3v) is 3.31. The Morgan fingerprint density at radius 3 is 2.92 bits per heavy atom. The average molecular weight is 191 g/mol. The van der Waals surface area contributed by atoms with Crippen LogP contribution in [0.3, 0.4) is 0 Å². The first kappa shape index (κ1) is 7.64. The minimum atomic E-state index is 0.846. The van der Waals surface area contributed by atoms with E-state index in [2.05, 4.69) is 18.2 Å². The summed E-state index contributed by atoms with van der Waals surface area (Å²) in [6, 6.07) is 8.18. The Balaban J connectivity index is 1.96. The van der Waals surface area contributed by atoms with Crippen molar-refractivity contribution in [3.05, 3.63) is 40.9 Å². The minimum Gasteiger partial charge on any atom is -0.0843 e. The minimum absolute atomic E-state index is 0.846. The summed E-state index contributed by atoms with van der Waals surface area (Å²) in [6.07, 6.45) is 5.12. The predicted octanol–water partition coefficient (Wildman–Crippen LogP) is 3.76. The average Bonchev–Trinajstić information content (AvgIpc) is 2.74. The molecule has 0 bridgehead atoms. The van der Waals surface area contributed by atoms with Gasteiger partial charge in [0.25, 0.3) is 0 Å². The molecule has 2 aliphatic rings. The first-order chi connectivity index (χ1) is 6.33. The number of halogens is 1. The van der Waals surface area contributed by atoms with Crippen LogP contribution >= 0.6 is 11.6 Å². The fraction of sp³-hybridized carbons (Fsp3) is 0.333. The highest BCUT2D eigenvalue weighted by Gasteiger charge is 2.40. The van der Waals surface area contributed by atoms with Crippen molar-refractivity contribution in [2.45, 2.75) is 12.8 Å². The molecule has 0 heterocycles. The van der Waals surface area contributed by atoms with Crippen molar-refractivity contribution in [3.8, 4) is 0 Å². The molecule has 3 rings (SSSR count). The van der Waals surface area contributed by atoms with Gasteiger partial charge in [-0.25, -0.2) is 0 Å². The Morgan fingerprint density at radius 1 is 1.31 bits per heavy atom. The maximum Gasteiger partial charge on any atom is 0.0412 e. The number of fused-ring (bicyclic) bond motifs is 1. The lowest BCUT2D eigenvalue weighted by atomic mass is 10.0. The van der Waals surface area contributed by atoms with E-state index in [9.17, 15) is 0 Å². The van der Waals surface area contributed by atoms with E-state index in [1.807, 2.05) is 12.1 Å². The Kier molecular flexibility index (Phi) is 1.54. The molecule has 0 N–H and O–H groups in total. The van der Waals surface area contributed by atoms with Gasteiger partial charge in [-0.3, -0.25) is 0 Å². The van der Waals surface area contributed by atoms with Gasteiger partial charge in [0.15, 0.2) is 0 Å². The normalized spacial score (nSPS) is 29.8. The Bertz CT molecular complexity index is 378. The van der Waals surface area contributed by atoms with Gasteiger partial charge in [0.2, 0.25) is 0 Å². The van der Waals surface area contributed by atoms with Crippen molar-refractivity contribution in [2.24, 2.45) is 11.8 Å². The first-order valence-electron chi connectivity index (χ1n) is 4.79. The van der Waals surface area contributed by atoms with Crippen LogP contribution in [0.2, 0.25) is 5.02 Å². The van der Waals surface area contributed by atoms with Gasteiger partial charge in [-0.2, -0.15) is 0 Å². The van der Waals surface area contributed by atoms with Crippen LogP contribution in [0.5, 0.6) is 0 Å². The highest BCUT2D eigenvalue weighted by Crippen LogP contribution is 2.52. The van der Waals surface area contributed by atoms with E-state index in [1.54, 1.807) is 0 Å². The standard InChI is InChI=1S/C12H11Cl/c13-12-3-1-2-8(7-12)9-4-10-6-11(10)5-9/h1-4,7,10-11H,5-6H2. The molecule has 1 heteroatoms. The third kappa shape index (κ3) is 1.30. The molecule has 66 valence electrons. The maximum absolute atomic E-state index is 5.94. The zero-order valence-corrected chi connectivity index (χ0v) is 8.09. The van der Waals surface area contributed by atoms with Crippen LogP contribution < -0.4 is 0 Å². The molecule has 0 nitrogen and oxygen atoms in total. The van der Waals surface area contributed by atoms with E-state index >= 15 is 0 Å². The van der Waals surface area contributed by atoms with Gasteiger partial charge in [-0.1, -0.05) is 29.8 Å². The molecule has 2 aliphatic carbocycles. The maximum atomic E-state index is 5.94. The summed E-state index contributed by atoms with van der Waals surface area (Å²) in [7, 11) is 0. The van der Waals surface area contributed by atoms with E-state index < -0.39 is 0 Å². The molecule has 2 unspecified atom stereocenters. The van der Waals surface area contributed by atoms with E-state index in [4.69, 9.17) is 11.6 Å². The molecule has 13 heavy (non-hydrogen) atoms. The van der Waals surface area contributed by atoms with Crippen LogP contribution in [0.15, 0.2) is 30.3 Å². The molecule has 1 fully saturated rings. The topological polar surface area (TPSA) is 0 Å². The number of hydrogen-bond acceptors (Lipinski definition) is 0. The fourth-order valence-electron chi connectivity index (χ4n) is 2.22. The molecule has 2 atom stereocenters. The largest absolute Gasteiger partial charge is 0.0843 e. The van der Waals surface area contributed by atoms with Crippen LogP contribution in [0.1, 0.15) is 18.4 Å². The predicted molar refractivity (Wildman–Crippen MR) is 55.6 cm³/mol. The number of hydrogen-bond donors (Lipinski definition) is 0. The van der Waals surface area contributed by atoms with Gasteiger partial charge in [0, 0.05) is 5.02 Å². The number of rotatable bonds is 1. The highest BCUT2D eigenvalue weighted by atomic mass is 35.5. The lowest BCUT2D eigenvalue weighted by Crippen LogP contribution is -1.82. The summed E-state index contributed by atoms with van der Waals surface area (Å²) < 4.78 is 0. The van der Waals surface area contributed by atoms with Gasteiger partial charge >= 0.3 is 0 Å². The van der Waals surface area contributed by atoms with Crippen molar-refractivity contribution in [1.29, 1.82) is 0 Å². The Hall–Kier alpha value is -0.750. The van der Waals surface area contributed by atoms with Gasteiger partial charge in [0.1, 0.15) is 0 Å². The van der Waals surface area contributed by atoms with Crippen LogP contribution in [0.25, 0.3) is 5.57 Å². The second-order valence-electron chi connectivity index (χ2n) is 4.07. The molecule has 0 amide bonds. The summed E-state index contributed by atoms with van der Waals surface area (Å²) in [5, 5.41) is 0.846. The van der Waals surface area contributed by atoms with Crippen LogP contribution in [0, 0.1) is 11.8 Å². The summed E-state index contributed by atoms with van der Waals surface area (Å²) in [5.41, 5.74) is 2.82. The Morgan fingerprint density at radius 2 is 2.23 bits per heavy atom. The van der Waals surface area contributed by atoms with E-state index in [0.29, 0.717) is 0 Å². The quantitative estimate of drug-likeness (QED) is 0.633. The molecule has 0 saturated heterocycles. The highest BCUT2D eigenvalue weighted by molar-refractivity contribution is 6.30. The molecular formula is C12H11Cl. The van der Waals surface area contributed by atoms with Crippen molar-refractivity contribution in [3.63, 3.8) is 0 Å². The van der Waals surface area contributed by atoms with Crippen molar-refractivity contribution < 1.29 is 0 Å². The molecule has 1 aromatic rings. The SMILES string of the molecule is Clc1cccc(C2=CC3CC3C2)c1. The van der Waals surface area contributed by atoms with E-state index in [1.165, 1.54) is 24.0 Å². The third-order valence-electron chi connectivity index (χ3n) is 3.07. The number of allylic oxidation sites excluding steroid dienone is 2. The summed E-state index contributed by atoms with van der Waals surface area (Å²) >= 11 is 5.94.